The van der Waals surface area contributed by atoms with Crippen LogP contribution in [0.2, 0.25) is 0 Å². The smallest absolute Gasteiger partial charge is 0.240 e. The number of fused-ring (bicyclic) bond motifs is 1. The molecular weight excluding hydrogens is 250 g/mol. The molecule has 112 valence electrons. The summed E-state index contributed by atoms with van der Waals surface area (Å²) in [5, 5.41) is 3.49. The molecule has 0 aromatic carbocycles. The van der Waals surface area contributed by atoms with Gasteiger partial charge in [-0.25, -0.2) is 0 Å². The molecule has 1 N–H and O–H groups in total. The van der Waals surface area contributed by atoms with Gasteiger partial charge < -0.3 is 10.2 Å². The topological polar surface area (TPSA) is 35.6 Å². The van der Waals surface area contributed by atoms with Crippen LogP contribution in [0.25, 0.3) is 0 Å². The van der Waals surface area contributed by atoms with Crippen molar-refractivity contribution in [3.05, 3.63) is 11.8 Å². The minimum Gasteiger partial charge on any atom is -0.316 e. The minimum atomic E-state index is 0.299. The van der Waals surface area contributed by atoms with Gasteiger partial charge >= 0.3 is 0 Å². The maximum absolute atomic E-state index is 12.6. The highest BCUT2D eigenvalue weighted by molar-refractivity contribution is 5.80. The van der Waals surface area contributed by atoms with E-state index >= 15 is 0 Å². The van der Waals surface area contributed by atoms with Crippen molar-refractivity contribution in [2.75, 3.05) is 32.7 Å². The van der Waals surface area contributed by atoms with E-state index in [0.717, 1.165) is 44.9 Å². The number of carbonyl (C=O) groups excluding carboxylic acids is 1. The predicted octanol–water partition coefficient (Wildman–Crippen LogP) is 1.59. The van der Waals surface area contributed by atoms with Crippen LogP contribution in [0.3, 0.4) is 0 Å². The Morgan fingerprint density at radius 2 is 2.35 bits per heavy atom. The zero-order valence-corrected chi connectivity index (χ0v) is 12.6. The van der Waals surface area contributed by atoms with E-state index in [-0.39, 0.29) is 0 Å². The zero-order chi connectivity index (χ0) is 13.9. The third-order valence-electron chi connectivity index (χ3n) is 5.11. The van der Waals surface area contributed by atoms with E-state index in [0.29, 0.717) is 18.5 Å². The van der Waals surface area contributed by atoms with Gasteiger partial charge in [0.05, 0.1) is 6.54 Å². The van der Waals surface area contributed by atoms with E-state index in [2.05, 4.69) is 23.2 Å². The van der Waals surface area contributed by atoms with Crippen molar-refractivity contribution in [3.8, 4) is 0 Å². The Morgan fingerprint density at radius 1 is 1.45 bits per heavy atom. The number of nitrogens with zero attached hydrogens (tertiary/aromatic N) is 2. The van der Waals surface area contributed by atoms with Crippen LogP contribution >= 0.6 is 0 Å². The molecular formula is C16H27N3O. The molecule has 3 rings (SSSR count). The van der Waals surface area contributed by atoms with E-state index in [9.17, 15) is 4.79 Å². The van der Waals surface area contributed by atoms with Gasteiger partial charge in [-0.1, -0.05) is 6.08 Å². The first-order chi connectivity index (χ1) is 9.79. The first kappa shape index (κ1) is 14.1. The highest BCUT2D eigenvalue weighted by Crippen LogP contribution is 2.27. The van der Waals surface area contributed by atoms with Crippen LogP contribution in [0, 0.1) is 5.92 Å². The molecule has 4 heteroatoms. The largest absolute Gasteiger partial charge is 0.316 e. The van der Waals surface area contributed by atoms with Crippen molar-refractivity contribution in [3.63, 3.8) is 0 Å². The van der Waals surface area contributed by atoms with Gasteiger partial charge in [-0.2, -0.15) is 0 Å². The summed E-state index contributed by atoms with van der Waals surface area (Å²) >= 11 is 0. The highest BCUT2D eigenvalue weighted by Gasteiger charge is 2.36. The maximum atomic E-state index is 12.6. The monoisotopic (exact) mass is 277 g/mol. The van der Waals surface area contributed by atoms with Gasteiger partial charge in [0, 0.05) is 24.8 Å². The molecule has 4 nitrogen and oxygen atoms in total. The number of allylic oxidation sites excluding steroid dienone is 2. The molecule has 20 heavy (non-hydrogen) atoms. The third kappa shape index (κ3) is 2.77. The van der Waals surface area contributed by atoms with Crippen molar-refractivity contribution >= 4 is 5.91 Å². The molecule has 2 fully saturated rings. The maximum Gasteiger partial charge on any atom is 0.240 e. The van der Waals surface area contributed by atoms with Gasteiger partial charge in [0.25, 0.3) is 0 Å². The van der Waals surface area contributed by atoms with E-state index < -0.39 is 0 Å². The second kappa shape index (κ2) is 6.27. The van der Waals surface area contributed by atoms with Crippen LogP contribution in [0.15, 0.2) is 11.8 Å². The van der Waals surface area contributed by atoms with Crippen molar-refractivity contribution in [2.45, 2.75) is 45.1 Å². The average Bonchev–Trinajstić information content (AvgIpc) is 3.10. The summed E-state index contributed by atoms with van der Waals surface area (Å²) in [7, 11) is 0. The lowest BCUT2D eigenvalue weighted by atomic mass is 9.92. The van der Waals surface area contributed by atoms with Crippen LogP contribution in [0.1, 0.15) is 39.0 Å². The van der Waals surface area contributed by atoms with Gasteiger partial charge in [0.1, 0.15) is 0 Å². The van der Waals surface area contributed by atoms with Gasteiger partial charge in [0.15, 0.2) is 0 Å². The minimum absolute atomic E-state index is 0.299. The van der Waals surface area contributed by atoms with Crippen LogP contribution in [0.4, 0.5) is 0 Å². The number of hydrogen-bond donors (Lipinski definition) is 1. The average molecular weight is 277 g/mol. The van der Waals surface area contributed by atoms with Gasteiger partial charge in [-0.15, -0.1) is 0 Å². The number of hydrogen-bond acceptors (Lipinski definition) is 3. The number of likely N-dealkylation sites (N-methyl/N-ethyl adjacent to an activating group) is 1. The molecule has 3 aliphatic rings. The Kier molecular flexibility index (Phi) is 4.41. The Morgan fingerprint density at radius 3 is 3.10 bits per heavy atom. The first-order valence-corrected chi connectivity index (χ1v) is 8.23. The quantitative estimate of drug-likeness (QED) is 0.847. The fourth-order valence-corrected chi connectivity index (χ4v) is 4.06. The summed E-state index contributed by atoms with van der Waals surface area (Å²) in [6, 6.07) is 0.587. The number of amides is 1. The second-order valence-corrected chi connectivity index (χ2v) is 6.32. The lowest BCUT2D eigenvalue weighted by Crippen LogP contribution is -2.49. The van der Waals surface area contributed by atoms with Crippen LogP contribution in [0.5, 0.6) is 0 Å². The molecule has 2 aliphatic heterocycles. The molecule has 0 bridgehead atoms. The standard InChI is InChI=1S/C16H27N3O/c1-2-19(14-7-3-4-8-14)16(20)12-18-9-5-6-13-10-17-11-15(13)18/h7,13,15,17H,2-6,8-12H2,1H3. The summed E-state index contributed by atoms with van der Waals surface area (Å²) in [6.07, 6.45) is 8.23. The molecule has 2 heterocycles. The molecule has 2 unspecified atom stereocenters. The van der Waals surface area contributed by atoms with Crippen molar-refractivity contribution in [1.82, 2.24) is 15.1 Å². The number of piperidine rings is 1. The van der Waals surface area contributed by atoms with Crippen LogP contribution < -0.4 is 5.32 Å². The summed E-state index contributed by atoms with van der Waals surface area (Å²) in [5.74, 6) is 1.06. The Labute approximate surface area is 122 Å². The Bertz CT molecular complexity index is 393. The van der Waals surface area contributed by atoms with E-state index in [1.807, 2.05) is 4.90 Å². The van der Waals surface area contributed by atoms with Gasteiger partial charge in [-0.05, 0) is 58.0 Å². The molecule has 0 aromatic rings. The number of carbonyl (C=O) groups is 1. The summed E-state index contributed by atoms with van der Waals surface area (Å²) in [4.78, 5) is 17.1. The predicted molar refractivity (Wildman–Crippen MR) is 80.3 cm³/mol. The number of rotatable bonds is 4. The molecule has 2 atom stereocenters. The van der Waals surface area contributed by atoms with Crippen molar-refractivity contribution in [2.24, 2.45) is 5.92 Å². The molecule has 0 saturated carbocycles. The lowest BCUT2D eigenvalue weighted by molar-refractivity contribution is -0.131. The van der Waals surface area contributed by atoms with Crippen molar-refractivity contribution < 1.29 is 4.79 Å². The summed E-state index contributed by atoms with van der Waals surface area (Å²) in [6.45, 7) is 6.79. The van der Waals surface area contributed by atoms with E-state index in [1.54, 1.807) is 0 Å². The molecule has 0 radical (unpaired) electrons. The second-order valence-electron chi connectivity index (χ2n) is 6.32. The summed E-state index contributed by atoms with van der Waals surface area (Å²) in [5.41, 5.74) is 1.26. The molecule has 1 aliphatic carbocycles. The number of likely N-dealkylation sites (tertiary alicyclic amines) is 1. The van der Waals surface area contributed by atoms with E-state index in [1.165, 1.54) is 25.0 Å². The first-order valence-electron chi connectivity index (χ1n) is 8.23. The van der Waals surface area contributed by atoms with Crippen molar-refractivity contribution in [1.29, 1.82) is 0 Å². The Balaban J connectivity index is 1.62. The normalized spacial score (nSPS) is 30.1. The molecule has 0 aromatic heterocycles. The molecule has 2 saturated heterocycles. The zero-order valence-electron chi connectivity index (χ0n) is 12.6. The fourth-order valence-electron chi connectivity index (χ4n) is 4.06. The lowest BCUT2D eigenvalue weighted by Gasteiger charge is -2.37. The SMILES string of the molecule is CCN(C(=O)CN1CCCC2CNCC21)C1=CCCC1. The van der Waals surface area contributed by atoms with Gasteiger partial charge in [0.2, 0.25) is 5.91 Å². The molecule has 0 spiro atoms. The van der Waals surface area contributed by atoms with E-state index in [4.69, 9.17) is 0 Å². The van der Waals surface area contributed by atoms with Crippen LogP contribution in [-0.4, -0.2) is 54.5 Å². The molecule has 1 amide bonds. The fraction of sp³-hybridized carbons (Fsp3) is 0.812. The number of nitrogens with one attached hydrogen (secondary N) is 1. The van der Waals surface area contributed by atoms with Crippen LogP contribution in [-0.2, 0) is 4.79 Å². The summed E-state index contributed by atoms with van der Waals surface area (Å²) < 4.78 is 0. The Hall–Kier alpha value is -0.870. The third-order valence-corrected chi connectivity index (χ3v) is 5.11. The van der Waals surface area contributed by atoms with Gasteiger partial charge in [-0.3, -0.25) is 9.69 Å². The highest BCUT2D eigenvalue weighted by atomic mass is 16.2.